The van der Waals surface area contributed by atoms with Crippen molar-refractivity contribution in [2.45, 2.75) is 44.7 Å². The lowest BCUT2D eigenvalue weighted by atomic mass is 10.2. The van der Waals surface area contributed by atoms with Gasteiger partial charge < -0.3 is 5.32 Å². The van der Waals surface area contributed by atoms with E-state index in [4.69, 9.17) is 0 Å². The average Bonchev–Trinajstić information content (AvgIpc) is 3.32. The number of aryl methyl sites for hydroxylation is 1. The average molecular weight is 309 g/mol. The van der Waals surface area contributed by atoms with E-state index in [0.29, 0.717) is 12.0 Å². The van der Waals surface area contributed by atoms with E-state index in [-0.39, 0.29) is 0 Å². The molecule has 2 aliphatic rings. The van der Waals surface area contributed by atoms with Gasteiger partial charge in [0.2, 0.25) is 0 Å². The fourth-order valence-corrected chi connectivity index (χ4v) is 3.22. The number of hydrogen-bond acceptors (Lipinski definition) is 5. The van der Waals surface area contributed by atoms with E-state index in [2.05, 4.69) is 38.2 Å². The second-order valence-corrected chi connectivity index (χ2v) is 6.69. The van der Waals surface area contributed by atoms with Crippen molar-refractivity contribution in [2.75, 3.05) is 18.4 Å². The number of nitrogens with one attached hydrogen (secondary N) is 1. The molecule has 1 aliphatic heterocycles. The molecule has 0 amide bonds. The van der Waals surface area contributed by atoms with E-state index in [9.17, 15) is 0 Å². The predicted octanol–water partition coefficient (Wildman–Crippen LogP) is 2.74. The topological polar surface area (TPSA) is 53.9 Å². The third-order valence-electron chi connectivity index (χ3n) is 4.75. The molecule has 1 aliphatic carbocycles. The highest BCUT2D eigenvalue weighted by Crippen LogP contribution is 2.38. The number of hydrogen-bond donors (Lipinski definition) is 1. The molecular formula is C18H23N5. The second-order valence-electron chi connectivity index (χ2n) is 6.69. The first-order valence-electron chi connectivity index (χ1n) is 8.50. The van der Waals surface area contributed by atoms with Crippen molar-refractivity contribution < 1.29 is 0 Å². The molecule has 1 unspecified atom stereocenters. The molecule has 23 heavy (non-hydrogen) atoms. The van der Waals surface area contributed by atoms with Crippen LogP contribution in [0.3, 0.4) is 0 Å². The first-order chi connectivity index (χ1) is 11.3. The van der Waals surface area contributed by atoms with Crippen LogP contribution in [0.2, 0.25) is 0 Å². The molecule has 2 fully saturated rings. The van der Waals surface area contributed by atoms with Crippen molar-refractivity contribution in [1.29, 1.82) is 0 Å². The standard InChI is InChI=1S/C18H23N5/c1-13-15(3-2-8-19-13)11-23-10-7-16(12-23)21-17-6-9-20-18(22-17)14-4-5-14/h2-3,6,8-9,14,16H,4-5,7,10-12H2,1H3,(H,20,21,22). The molecule has 5 nitrogen and oxygen atoms in total. The van der Waals surface area contributed by atoms with Gasteiger partial charge in [-0.25, -0.2) is 9.97 Å². The third kappa shape index (κ3) is 3.50. The molecule has 0 radical (unpaired) electrons. The van der Waals surface area contributed by atoms with Crippen LogP contribution in [0.1, 0.15) is 42.3 Å². The molecule has 1 saturated heterocycles. The van der Waals surface area contributed by atoms with Gasteiger partial charge >= 0.3 is 0 Å². The van der Waals surface area contributed by atoms with E-state index in [1.54, 1.807) is 0 Å². The van der Waals surface area contributed by atoms with E-state index < -0.39 is 0 Å². The molecule has 5 heteroatoms. The zero-order valence-electron chi connectivity index (χ0n) is 13.6. The summed E-state index contributed by atoms with van der Waals surface area (Å²) < 4.78 is 0. The Bertz CT molecular complexity index is 683. The first kappa shape index (κ1) is 14.6. The van der Waals surface area contributed by atoms with Crippen LogP contribution in [0.25, 0.3) is 0 Å². The lowest BCUT2D eigenvalue weighted by Gasteiger charge is -2.18. The van der Waals surface area contributed by atoms with Gasteiger partial charge in [0.25, 0.3) is 0 Å². The van der Waals surface area contributed by atoms with Crippen LogP contribution < -0.4 is 5.32 Å². The summed E-state index contributed by atoms with van der Waals surface area (Å²) in [6.45, 7) is 5.24. The maximum atomic E-state index is 4.67. The summed E-state index contributed by atoms with van der Waals surface area (Å²) in [6, 6.07) is 6.65. The van der Waals surface area contributed by atoms with Crippen molar-refractivity contribution in [1.82, 2.24) is 19.9 Å². The Balaban J connectivity index is 1.35. The molecule has 1 N–H and O–H groups in total. The number of anilines is 1. The van der Waals surface area contributed by atoms with Gasteiger partial charge in [0.15, 0.2) is 0 Å². The fraction of sp³-hybridized carbons (Fsp3) is 0.500. The van der Waals surface area contributed by atoms with Gasteiger partial charge in [0, 0.05) is 49.7 Å². The minimum absolute atomic E-state index is 0.467. The Kier molecular flexibility index (Phi) is 3.95. The van der Waals surface area contributed by atoms with Gasteiger partial charge in [0.05, 0.1) is 0 Å². The van der Waals surface area contributed by atoms with Gasteiger partial charge in [-0.05, 0) is 43.9 Å². The highest BCUT2D eigenvalue weighted by atomic mass is 15.2. The van der Waals surface area contributed by atoms with Crippen LogP contribution in [0.4, 0.5) is 5.82 Å². The monoisotopic (exact) mass is 309 g/mol. The van der Waals surface area contributed by atoms with E-state index in [1.807, 2.05) is 24.5 Å². The second kappa shape index (κ2) is 6.24. The van der Waals surface area contributed by atoms with E-state index in [1.165, 1.54) is 18.4 Å². The largest absolute Gasteiger partial charge is 0.366 e. The zero-order chi connectivity index (χ0) is 15.6. The number of aromatic nitrogens is 3. The Labute approximate surface area is 137 Å². The van der Waals surface area contributed by atoms with Gasteiger partial charge in [-0.2, -0.15) is 0 Å². The van der Waals surface area contributed by atoms with Crippen molar-refractivity contribution in [3.8, 4) is 0 Å². The maximum absolute atomic E-state index is 4.67. The minimum atomic E-state index is 0.467. The Hall–Kier alpha value is -2.01. The van der Waals surface area contributed by atoms with Gasteiger partial charge in [-0.3, -0.25) is 9.88 Å². The molecular weight excluding hydrogens is 286 g/mol. The third-order valence-corrected chi connectivity index (χ3v) is 4.75. The van der Waals surface area contributed by atoms with Crippen LogP contribution >= 0.6 is 0 Å². The quantitative estimate of drug-likeness (QED) is 0.920. The molecule has 0 bridgehead atoms. The molecule has 1 atom stereocenters. The smallest absolute Gasteiger partial charge is 0.133 e. The number of likely N-dealkylation sites (tertiary alicyclic amines) is 1. The van der Waals surface area contributed by atoms with Crippen LogP contribution in [0.5, 0.6) is 0 Å². The number of rotatable bonds is 5. The summed E-state index contributed by atoms with van der Waals surface area (Å²) in [5.74, 6) is 2.59. The normalized spacial score (nSPS) is 21.5. The molecule has 4 rings (SSSR count). The summed E-state index contributed by atoms with van der Waals surface area (Å²) >= 11 is 0. The Morgan fingerprint density at radius 3 is 2.91 bits per heavy atom. The molecule has 0 spiro atoms. The van der Waals surface area contributed by atoms with E-state index in [0.717, 1.165) is 43.4 Å². The van der Waals surface area contributed by atoms with Crippen LogP contribution in [0.15, 0.2) is 30.6 Å². The fourth-order valence-electron chi connectivity index (χ4n) is 3.22. The Morgan fingerprint density at radius 2 is 2.09 bits per heavy atom. The molecule has 3 heterocycles. The molecule has 2 aromatic rings. The summed E-state index contributed by atoms with van der Waals surface area (Å²) in [5.41, 5.74) is 2.46. The first-order valence-corrected chi connectivity index (χ1v) is 8.50. The van der Waals surface area contributed by atoms with Gasteiger partial charge in [-0.1, -0.05) is 6.07 Å². The highest BCUT2D eigenvalue weighted by molar-refractivity contribution is 5.35. The zero-order valence-corrected chi connectivity index (χ0v) is 13.6. The predicted molar refractivity (Wildman–Crippen MR) is 90.3 cm³/mol. The van der Waals surface area contributed by atoms with Crippen LogP contribution in [-0.2, 0) is 6.54 Å². The van der Waals surface area contributed by atoms with Crippen molar-refractivity contribution in [3.05, 3.63) is 47.7 Å². The molecule has 2 aromatic heterocycles. The van der Waals surface area contributed by atoms with Crippen LogP contribution in [0, 0.1) is 6.92 Å². The summed E-state index contributed by atoms with van der Waals surface area (Å²) in [4.78, 5) is 15.9. The maximum Gasteiger partial charge on any atom is 0.133 e. The SMILES string of the molecule is Cc1ncccc1CN1CCC(Nc2ccnc(C3CC3)n2)C1. The number of nitrogens with zero attached hydrogens (tertiary/aromatic N) is 4. The molecule has 1 saturated carbocycles. The minimum Gasteiger partial charge on any atom is -0.366 e. The van der Waals surface area contributed by atoms with Crippen molar-refractivity contribution >= 4 is 5.82 Å². The van der Waals surface area contributed by atoms with E-state index >= 15 is 0 Å². The summed E-state index contributed by atoms with van der Waals surface area (Å²) in [5, 5.41) is 3.59. The van der Waals surface area contributed by atoms with Gasteiger partial charge in [-0.15, -0.1) is 0 Å². The molecule has 120 valence electrons. The molecule has 0 aromatic carbocycles. The highest BCUT2D eigenvalue weighted by Gasteiger charge is 2.27. The van der Waals surface area contributed by atoms with Crippen molar-refractivity contribution in [2.24, 2.45) is 0 Å². The lowest BCUT2D eigenvalue weighted by Crippen LogP contribution is -2.26. The number of pyridine rings is 1. The van der Waals surface area contributed by atoms with Crippen LogP contribution in [-0.4, -0.2) is 39.0 Å². The lowest BCUT2D eigenvalue weighted by molar-refractivity contribution is 0.327. The summed E-state index contributed by atoms with van der Waals surface area (Å²) in [6.07, 6.45) is 7.38. The van der Waals surface area contributed by atoms with Gasteiger partial charge in [0.1, 0.15) is 11.6 Å². The summed E-state index contributed by atoms with van der Waals surface area (Å²) in [7, 11) is 0. The Morgan fingerprint density at radius 1 is 1.17 bits per heavy atom. The van der Waals surface area contributed by atoms with Crippen molar-refractivity contribution in [3.63, 3.8) is 0 Å².